The maximum atomic E-state index is 5.29. The van der Waals surface area contributed by atoms with Crippen LogP contribution in [0, 0.1) is 0 Å². The second-order valence-electron chi connectivity index (χ2n) is 5.85. The third kappa shape index (κ3) is 3.44. The zero-order valence-electron chi connectivity index (χ0n) is 13.9. The van der Waals surface area contributed by atoms with E-state index in [4.69, 9.17) is 9.73 Å². The number of para-hydroxylation sites is 1. The molecule has 4 heteroatoms. The quantitative estimate of drug-likeness (QED) is 0.632. The van der Waals surface area contributed by atoms with Gasteiger partial charge in [0.25, 0.3) is 0 Å². The smallest absolute Gasteiger partial charge is 0.118 e. The normalized spacial score (nSPS) is 16.5. The molecule has 2 aromatic carbocycles. The van der Waals surface area contributed by atoms with Crippen LogP contribution in [-0.2, 0) is 0 Å². The molecule has 0 saturated heterocycles. The van der Waals surface area contributed by atoms with Crippen LogP contribution in [0.2, 0.25) is 0 Å². The zero-order valence-corrected chi connectivity index (χ0v) is 14.7. The second-order valence-corrected chi connectivity index (χ2v) is 7.09. The van der Waals surface area contributed by atoms with Crippen molar-refractivity contribution in [3.8, 4) is 5.75 Å². The Hall–Kier alpha value is -2.59. The van der Waals surface area contributed by atoms with Crippen LogP contribution in [0.5, 0.6) is 5.75 Å². The molecule has 0 amide bonds. The van der Waals surface area contributed by atoms with Gasteiger partial charge in [-0.2, -0.15) is 0 Å². The van der Waals surface area contributed by atoms with E-state index in [0.717, 1.165) is 29.1 Å². The largest absolute Gasteiger partial charge is 0.497 e. The van der Waals surface area contributed by atoms with E-state index in [-0.39, 0.29) is 0 Å². The van der Waals surface area contributed by atoms with Crippen molar-refractivity contribution >= 4 is 23.2 Å². The summed E-state index contributed by atoms with van der Waals surface area (Å²) in [4.78, 5) is 10.3. The molecule has 1 aromatic heterocycles. The first kappa shape index (κ1) is 15.9. The van der Waals surface area contributed by atoms with Crippen molar-refractivity contribution < 1.29 is 4.74 Å². The van der Waals surface area contributed by atoms with Crippen LogP contribution >= 0.6 is 11.8 Å². The number of ether oxygens (including phenoxy) is 1. The molecule has 3 nitrogen and oxygen atoms in total. The highest BCUT2D eigenvalue weighted by Gasteiger charge is 2.22. The number of aliphatic imine (C=N–C) groups is 1. The van der Waals surface area contributed by atoms with Crippen molar-refractivity contribution in [2.24, 2.45) is 4.99 Å². The summed E-state index contributed by atoms with van der Waals surface area (Å²) in [6, 6.07) is 20.8. The lowest BCUT2D eigenvalue weighted by Crippen LogP contribution is -2.05. The summed E-state index contributed by atoms with van der Waals surface area (Å²) in [5, 5.41) is 0.307. The van der Waals surface area contributed by atoms with Crippen molar-refractivity contribution in [2.75, 3.05) is 7.11 Å². The van der Waals surface area contributed by atoms with Crippen molar-refractivity contribution in [1.29, 1.82) is 0 Å². The number of hydrogen-bond acceptors (Lipinski definition) is 4. The van der Waals surface area contributed by atoms with E-state index < -0.39 is 0 Å². The van der Waals surface area contributed by atoms with Gasteiger partial charge in [-0.25, -0.2) is 0 Å². The number of aromatic nitrogens is 1. The van der Waals surface area contributed by atoms with Crippen molar-refractivity contribution in [3.63, 3.8) is 0 Å². The van der Waals surface area contributed by atoms with Gasteiger partial charge in [0.15, 0.2) is 0 Å². The van der Waals surface area contributed by atoms with Crippen molar-refractivity contribution in [1.82, 2.24) is 4.98 Å². The molecule has 0 radical (unpaired) electrons. The van der Waals surface area contributed by atoms with Crippen LogP contribution in [0.1, 0.15) is 22.8 Å². The first-order valence-corrected chi connectivity index (χ1v) is 9.09. The van der Waals surface area contributed by atoms with Crippen LogP contribution in [-0.4, -0.2) is 17.8 Å². The summed E-state index contributed by atoms with van der Waals surface area (Å²) in [7, 11) is 1.69. The Bertz CT molecular complexity index is 891. The zero-order chi connectivity index (χ0) is 17.1. The summed E-state index contributed by atoms with van der Waals surface area (Å²) in [6.07, 6.45) is 4.52. The molecule has 1 aliphatic heterocycles. The molecule has 0 aliphatic carbocycles. The molecule has 25 heavy (non-hydrogen) atoms. The van der Waals surface area contributed by atoms with Gasteiger partial charge in [0.05, 0.1) is 12.8 Å². The summed E-state index contributed by atoms with van der Waals surface area (Å²) < 4.78 is 5.29. The number of nitrogens with zero attached hydrogens (tertiary/aromatic N) is 2. The number of thioether (sulfide) groups is 1. The van der Waals surface area contributed by atoms with Crippen LogP contribution in [0.15, 0.2) is 82.9 Å². The molecule has 1 aliphatic rings. The van der Waals surface area contributed by atoms with Crippen LogP contribution in [0.25, 0.3) is 0 Å². The van der Waals surface area contributed by atoms with Gasteiger partial charge in [-0.1, -0.05) is 24.3 Å². The minimum absolute atomic E-state index is 0.307. The molecular weight excluding hydrogens is 328 g/mol. The molecule has 0 saturated carbocycles. The molecule has 1 atom stereocenters. The summed E-state index contributed by atoms with van der Waals surface area (Å²) >= 11 is 1.87. The number of methoxy groups -OCH3 is 1. The van der Waals surface area contributed by atoms with Gasteiger partial charge in [-0.3, -0.25) is 9.98 Å². The second kappa shape index (κ2) is 7.11. The number of hydrogen-bond donors (Lipinski definition) is 0. The molecule has 0 bridgehead atoms. The SMILES string of the molecule is COc1ccc([C@@H]2CC(c3ccncc3)=Nc3ccccc3S2)cc1. The molecule has 2 heterocycles. The fraction of sp³-hybridized carbons (Fsp3) is 0.143. The van der Waals surface area contributed by atoms with Crippen molar-refractivity contribution in [2.45, 2.75) is 16.6 Å². The van der Waals surface area contributed by atoms with Gasteiger partial charge >= 0.3 is 0 Å². The van der Waals surface area contributed by atoms with E-state index in [0.29, 0.717) is 5.25 Å². The minimum Gasteiger partial charge on any atom is -0.497 e. The van der Waals surface area contributed by atoms with Gasteiger partial charge in [-0.05, 0) is 47.5 Å². The molecule has 3 aromatic rings. The Kier molecular flexibility index (Phi) is 4.53. The Labute approximate surface area is 151 Å². The number of pyridine rings is 1. The first-order valence-electron chi connectivity index (χ1n) is 8.21. The highest BCUT2D eigenvalue weighted by atomic mass is 32.2. The third-order valence-corrected chi connectivity index (χ3v) is 5.59. The Morgan fingerprint density at radius 2 is 1.72 bits per heavy atom. The fourth-order valence-corrected chi connectivity index (χ4v) is 4.17. The average molecular weight is 346 g/mol. The third-order valence-electron chi connectivity index (χ3n) is 4.27. The van der Waals surface area contributed by atoms with E-state index in [1.807, 2.05) is 54.5 Å². The van der Waals surface area contributed by atoms with Crippen LogP contribution in [0.4, 0.5) is 5.69 Å². The lowest BCUT2D eigenvalue weighted by molar-refractivity contribution is 0.414. The van der Waals surface area contributed by atoms with Gasteiger partial charge < -0.3 is 4.74 Å². The monoisotopic (exact) mass is 346 g/mol. The predicted molar refractivity (Wildman–Crippen MR) is 103 cm³/mol. The van der Waals surface area contributed by atoms with E-state index in [2.05, 4.69) is 35.3 Å². The lowest BCUT2D eigenvalue weighted by Gasteiger charge is -2.16. The van der Waals surface area contributed by atoms with E-state index in [9.17, 15) is 0 Å². The van der Waals surface area contributed by atoms with E-state index in [1.54, 1.807) is 7.11 Å². The van der Waals surface area contributed by atoms with E-state index >= 15 is 0 Å². The average Bonchev–Trinajstić information content (AvgIpc) is 2.88. The summed E-state index contributed by atoms with van der Waals surface area (Å²) in [5.74, 6) is 0.880. The van der Waals surface area contributed by atoms with Gasteiger partial charge in [-0.15, -0.1) is 11.8 Å². The lowest BCUT2D eigenvalue weighted by atomic mass is 10.0. The fourth-order valence-electron chi connectivity index (χ4n) is 2.94. The first-order chi connectivity index (χ1) is 12.3. The maximum absolute atomic E-state index is 5.29. The Balaban J connectivity index is 1.76. The number of fused-ring (bicyclic) bond motifs is 1. The maximum Gasteiger partial charge on any atom is 0.118 e. The van der Waals surface area contributed by atoms with E-state index in [1.165, 1.54) is 10.5 Å². The highest BCUT2D eigenvalue weighted by Crippen LogP contribution is 2.45. The molecule has 4 rings (SSSR count). The topological polar surface area (TPSA) is 34.5 Å². The van der Waals surface area contributed by atoms with Gasteiger partial charge in [0.1, 0.15) is 5.75 Å². The van der Waals surface area contributed by atoms with Crippen LogP contribution in [0.3, 0.4) is 0 Å². The number of benzene rings is 2. The Morgan fingerprint density at radius 1 is 0.960 bits per heavy atom. The Morgan fingerprint density at radius 3 is 2.48 bits per heavy atom. The van der Waals surface area contributed by atoms with Gasteiger partial charge in [0.2, 0.25) is 0 Å². The van der Waals surface area contributed by atoms with Gasteiger partial charge in [0, 0.05) is 34.7 Å². The molecule has 124 valence electrons. The molecule has 0 unspecified atom stereocenters. The minimum atomic E-state index is 0.307. The van der Waals surface area contributed by atoms with Crippen molar-refractivity contribution in [3.05, 3.63) is 84.2 Å². The summed E-state index contributed by atoms with van der Waals surface area (Å²) in [5.41, 5.74) is 4.55. The highest BCUT2D eigenvalue weighted by molar-refractivity contribution is 7.99. The summed E-state index contributed by atoms with van der Waals surface area (Å²) in [6.45, 7) is 0. The predicted octanol–water partition coefficient (Wildman–Crippen LogP) is 5.45. The van der Waals surface area contributed by atoms with Crippen LogP contribution < -0.4 is 4.74 Å². The standard InChI is InChI=1S/C21H18N2OS/c1-24-17-8-6-16(7-9-17)21-14-19(15-10-12-22-13-11-15)23-18-4-2-3-5-20(18)25-21/h2-13,21H,14H2,1H3/t21-/m0/s1. The molecule has 0 fully saturated rings. The number of rotatable bonds is 3. The molecular formula is C21H18N2OS. The molecule has 0 N–H and O–H groups in total. The molecule has 0 spiro atoms.